The van der Waals surface area contributed by atoms with Crippen molar-refractivity contribution in [1.82, 2.24) is 9.88 Å². The van der Waals surface area contributed by atoms with E-state index in [-0.39, 0.29) is 34.4 Å². The Kier molecular flexibility index (Phi) is 5.29. The number of benzene rings is 1. The van der Waals surface area contributed by atoms with E-state index in [1.165, 1.54) is 23.2 Å². The quantitative estimate of drug-likeness (QED) is 0.712. The second-order valence-electron chi connectivity index (χ2n) is 7.13. The number of halogens is 2. The van der Waals surface area contributed by atoms with Crippen molar-refractivity contribution >= 4 is 52.6 Å². The van der Waals surface area contributed by atoms with Crippen molar-refractivity contribution in [2.75, 3.05) is 36.4 Å². The molecule has 30 heavy (non-hydrogen) atoms. The maximum Gasteiger partial charge on any atom is 0.407 e. The molecule has 2 aliphatic rings. The minimum absolute atomic E-state index is 0.146. The number of Topliss-reactive ketones (excluding diaryl/α,β-unsaturated/α-hetero) is 1. The van der Waals surface area contributed by atoms with Crippen LogP contribution in [-0.4, -0.2) is 59.3 Å². The number of carboxylic acid groups (broad SMARTS) is 1. The topological polar surface area (TPSA) is 98.1 Å². The monoisotopic (exact) mass is 431 g/mol. The third-order valence-electron chi connectivity index (χ3n) is 5.18. The van der Waals surface area contributed by atoms with E-state index in [1.807, 2.05) is 11.8 Å². The molecule has 0 saturated carbocycles. The van der Waals surface area contributed by atoms with Crippen molar-refractivity contribution in [3.05, 3.63) is 40.3 Å². The fraction of sp³-hybridized carbons (Fsp3) is 0.300. The maximum atomic E-state index is 14.9. The molecule has 156 valence electrons. The molecule has 10 heteroatoms. The number of aryl methyl sites for hydroxylation is 1. The molecule has 3 heterocycles. The van der Waals surface area contributed by atoms with Crippen molar-refractivity contribution in [2.45, 2.75) is 13.3 Å². The minimum atomic E-state index is -0.951. The first kappa shape index (κ1) is 20.1. The molecule has 0 bridgehead atoms. The van der Waals surface area contributed by atoms with Crippen LogP contribution in [0.4, 0.5) is 32.1 Å². The van der Waals surface area contributed by atoms with Crippen LogP contribution in [0.1, 0.15) is 22.3 Å². The van der Waals surface area contributed by atoms with E-state index in [9.17, 15) is 14.0 Å². The first-order valence-electron chi connectivity index (χ1n) is 9.39. The van der Waals surface area contributed by atoms with Gasteiger partial charge in [-0.25, -0.2) is 14.2 Å². The lowest BCUT2D eigenvalue weighted by molar-refractivity contribution is 0.100. The molecule has 0 atom stereocenters. The standard InChI is InChI=1S/C20H19ClFN5O3/c1-11-8-13(12(22)9-15(11)26-4-6-27(7-5-26)20(29)30)24-19-18-14(10-17(21)25-19)23-3-2-16(18)28/h3,8-10H,2,4-7H2,1H3,(H,24,25)(H,29,30). The van der Waals surface area contributed by atoms with Gasteiger partial charge in [0.05, 0.1) is 16.9 Å². The Hall–Kier alpha value is -3.20. The number of nitrogens with zero attached hydrogens (tertiary/aromatic N) is 4. The molecule has 1 aromatic carbocycles. The lowest BCUT2D eigenvalue weighted by Crippen LogP contribution is -2.48. The maximum absolute atomic E-state index is 14.9. The molecule has 1 fully saturated rings. The summed E-state index contributed by atoms with van der Waals surface area (Å²) in [6.07, 6.45) is 0.704. The number of ketones is 1. The second-order valence-corrected chi connectivity index (χ2v) is 7.51. The van der Waals surface area contributed by atoms with Gasteiger partial charge < -0.3 is 20.2 Å². The summed E-state index contributed by atoms with van der Waals surface area (Å²) >= 11 is 6.05. The summed E-state index contributed by atoms with van der Waals surface area (Å²) in [5, 5.41) is 12.1. The number of aromatic nitrogens is 1. The lowest BCUT2D eigenvalue weighted by Gasteiger charge is -2.35. The smallest absolute Gasteiger partial charge is 0.407 e. The number of anilines is 3. The predicted molar refractivity (Wildman–Crippen MR) is 113 cm³/mol. The highest BCUT2D eigenvalue weighted by molar-refractivity contribution is 6.30. The van der Waals surface area contributed by atoms with E-state index >= 15 is 0 Å². The number of nitrogens with one attached hydrogen (secondary N) is 1. The van der Waals surface area contributed by atoms with Crippen LogP contribution in [0.3, 0.4) is 0 Å². The summed E-state index contributed by atoms with van der Waals surface area (Å²) in [4.78, 5) is 35.1. The highest BCUT2D eigenvalue weighted by Crippen LogP contribution is 2.35. The van der Waals surface area contributed by atoms with Gasteiger partial charge in [-0.1, -0.05) is 11.6 Å². The van der Waals surface area contributed by atoms with Crippen molar-refractivity contribution < 1.29 is 19.1 Å². The molecule has 4 rings (SSSR count). The average Bonchev–Trinajstić information content (AvgIpc) is 2.70. The molecule has 8 nitrogen and oxygen atoms in total. The van der Waals surface area contributed by atoms with Gasteiger partial charge in [-0.15, -0.1) is 0 Å². The van der Waals surface area contributed by atoms with Gasteiger partial charge in [-0.3, -0.25) is 9.79 Å². The number of fused-ring (bicyclic) bond motifs is 1. The Labute approximate surface area is 177 Å². The number of carbonyl (C=O) groups is 2. The number of aliphatic imine (C=N–C) groups is 1. The molecule has 2 N–H and O–H groups in total. The summed E-state index contributed by atoms with van der Waals surface area (Å²) in [5.74, 6) is -0.518. The highest BCUT2D eigenvalue weighted by Gasteiger charge is 2.24. The van der Waals surface area contributed by atoms with Crippen molar-refractivity contribution in [3.63, 3.8) is 0 Å². The van der Waals surface area contributed by atoms with Crippen LogP contribution in [0.25, 0.3) is 0 Å². The van der Waals surface area contributed by atoms with E-state index in [2.05, 4.69) is 15.3 Å². The molecule has 1 aromatic heterocycles. The average molecular weight is 432 g/mol. The largest absolute Gasteiger partial charge is 0.465 e. The fourth-order valence-electron chi connectivity index (χ4n) is 3.67. The van der Waals surface area contributed by atoms with E-state index in [4.69, 9.17) is 16.7 Å². The third kappa shape index (κ3) is 3.80. The molecule has 0 spiro atoms. The van der Waals surface area contributed by atoms with Crippen molar-refractivity contribution in [3.8, 4) is 0 Å². The predicted octanol–water partition coefficient (Wildman–Crippen LogP) is 4.01. The molecule has 1 amide bonds. The number of hydrogen-bond donors (Lipinski definition) is 2. The Morgan fingerprint density at radius 2 is 1.97 bits per heavy atom. The van der Waals surface area contributed by atoms with Crippen LogP contribution in [0.5, 0.6) is 0 Å². The number of piperazine rings is 1. The first-order valence-corrected chi connectivity index (χ1v) is 9.77. The fourth-order valence-corrected chi connectivity index (χ4v) is 3.86. The van der Waals surface area contributed by atoms with E-state index in [0.717, 1.165) is 5.56 Å². The molecule has 2 aliphatic heterocycles. The van der Waals surface area contributed by atoms with Crippen molar-refractivity contribution in [2.24, 2.45) is 4.99 Å². The van der Waals surface area contributed by atoms with Crippen LogP contribution in [0, 0.1) is 12.7 Å². The Morgan fingerprint density at radius 3 is 2.67 bits per heavy atom. The number of carbonyl (C=O) groups excluding carboxylic acids is 1. The van der Waals surface area contributed by atoms with Crippen molar-refractivity contribution in [1.29, 1.82) is 0 Å². The second kappa shape index (κ2) is 7.91. The van der Waals surface area contributed by atoms with Gasteiger partial charge in [-0.05, 0) is 24.6 Å². The van der Waals surface area contributed by atoms with Gasteiger partial charge in [0.25, 0.3) is 0 Å². The minimum Gasteiger partial charge on any atom is -0.465 e. The Balaban J connectivity index is 1.61. The van der Waals surface area contributed by atoms with Gasteiger partial charge in [0.2, 0.25) is 0 Å². The summed E-state index contributed by atoms with van der Waals surface area (Å²) in [7, 11) is 0. The normalized spacial score (nSPS) is 15.9. The molecule has 0 radical (unpaired) electrons. The molecular formula is C20H19ClFN5O3. The zero-order valence-electron chi connectivity index (χ0n) is 16.2. The Bertz CT molecular complexity index is 1070. The van der Waals surface area contributed by atoms with Gasteiger partial charge in [-0.2, -0.15) is 0 Å². The van der Waals surface area contributed by atoms with E-state index < -0.39 is 11.9 Å². The molecule has 0 unspecified atom stereocenters. The SMILES string of the molecule is Cc1cc(Nc2nc(Cl)cc3c2C(=O)CC=N3)c(F)cc1N1CCN(C(=O)O)CC1. The molecule has 0 aliphatic carbocycles. The van der Waals surface area contributed by atoms with Crippen LogP contribution < -0.4 is 10.2 Å². The summed E-state index contributed by atoms with van der Waals surface area (Å²) in [6, 6.07) is 4.54. The summed E-state index contributed by atoms with van der Waals surface area (Å²) in [5.41, 5.74) is 2.36. The summed E-state index contributed by atoms with van der Waals surface area (Å²) in [6.45, 7) is 3.53. The highest BCUT2D eigenvalue weighted by atomic mass is 35.5. The van der Waals surface area contributed by atoms with E-state index in [1.54, 1.807) is 6.07 Å². The Morgan fingerprint density at radius 1 is 1.23 bits per heavy atom. The summed E-state index contributed by atoms with van der Waals surface area (Å²) < 4.78 is 14.9. The van der Waals surface area contributed by atoms with E-state index in [0.29, 0.717) is 37.6 Å². The third-order valence-corrected chi connectivity index (χ3v) is 5.38. The van der Waals surface area contributed by atoms with Gasteiger partial charge in [0.15, 0.2) is 5.78 Å². The molecule has 2 aromatic rings. The zero-order valence-corrected chi connectivity index (χ0v) is 16.9. The molecular weight excluding hydrogens is 413 g/mol. The van der Waals surface area contributed by atoms with Crippen LogP contribution in [-0.2, 0) is 0 Å². The van der Waals surface area contributed by atoms with Gasteiger partial charge >= 0.3 is 6.09 Å². The van der Waals surface area contributed by atoms with Crippen LogP contribution in [0.2, 0.25) is 5.15 Å². The van der Waals surface area contributed by atoms with Gasteiger partial charge in [0.1, 0.15) is 16.8 Å². The zero-order chi connectivity index (χ0) is 21.4. The number of rotatable bonds is 3. The van der Waals surface area contributed by atoms with Crippen LogP contribution in [0.15, 0.2) is 23.2 Å². The first-order chi connectivity index (χ1) is 14.3. The number of amides is 1. The number of pyridine rings is 1. The van der Waals surface area contributed by atoms with Gasteiger partial charge in [0, 0.05) is 50.6 Å². The molecule has 1 saturated heterocycles. The number of hydrogen-bond acceptors (Lipinski definition) is 6. The van der Waals surface area contributed by atoms with Crippen LogP contribution >= 0.6 is 11.6 Å². The lowest BCUT2D eigenvalue weighted by atomic mass is 10.0.